The molecular weight excluding hydrogens is 198 g/mol. The van der Waals surface area contributed by atoms with Crippen LogP contribution in [0.3, 0.4) is 0 Å². The minimum Gasteiger partial charge on any atom is -0.508 e. The third-order valence-electron chi connectivity index (χ3n) is 1.66. The average Bonchev–Trinajstić information content (AvgIpc) is 2.20. The Bertz CT molecular complexity index is 336. The minimum absolute atomic E-state index is 0.184. The van der Waals surface area contributed by atoms with Crippen LogP contribution >= 0.6 is 0 Å². The maximum absolute atomic E-state index is 10.5. The second-order valence-corrected chi connectivity index (χ2v) is 2.68. The van der Waals surface area contributed by atoms with Crippen LogP contribution < -0.4 is 0 Å². The molecule has 0 saturated carbocycles. The molecule has 2 N–H and O–H groups in total. The van der Waals surface area contributed by atoms with E-state index in [1.807, 2.05) is 13.8 Å². The van der Waals surface area contributed by atoms with Gasteiger partial charge in [-0.25, -0.2) is 0 Å². The first kappa shape index (κ1) is 13.4. The summed E-state index contributed by atoms with van der Waals surface area (Å²) in [5.41, 5.74) is -0.0715. The lowest BCUT2D eigenvalue weighted by Gasteiger charge is -2.05. The summed E-state index contributed by atoms with van der Waals surface area (Å²) in [4.78, 5) is 9.82. The van der Waals surface area contributed by atoms with E-state index in [1.54, 1.807) is 0 Å². The molecule has 0 amide bonds. The van der Waals surface area contributed by atoms with Crippen LogP contribution in [0.5, 0.6) is 5.75 Å². The van der Waals surface area contributed by atoms with Crippen LogP contribution in [0, 0.1) is 10.1 Å². The van der Waals surface area contributed by atoms with Crippen LogP contribution in [0.4, 0.5) is 5.69 Å². The fourth-order valence-corrected chi connectivity index (χ4v) is 1.04. The highest BCUT2D eigenvalue weighted by Crippen LogP contribution is 2.28. The van der Waals surface area contributed by atoms with Gasteiger partial charge in [0.25, 0.3) is 5.69 Å². The van der Waals surface area contributed by atoms with Gasteiger partial charge in [-0.1, -0.05) is 13.8 Å². The van der Waals surface area contributed by atoms with Crippen molar-refractivity contribution in [2.45, 2.75) is 26.9 Å². The monoisotopic (exact) mass is 213 g/mol. The van der Waals surface area contributed by atoms with Crippen molar-refractivity contribution in [2.24, 2.45) is 0 Å². The Kier molecular flexibility index (Phi) is 5.33. The molecule has 1 atom stereocenters. The Morgan fingerprint density at radius 3 is 2.33 bits per heavy atom. The van der Waals surface area contributed by atoms with Crippen molar-refractivity contribution < 1.29 is 15.1 Å². The predicted molar refractivity (Wildman–Crippen MR) is 56.7 cm³/mol. The van der Waals surface area contributed by atoms with E-state index < -0.39 is 11.0 Å². The largest absolute Gasteiger partial charge is 0.508 e. The predicted octanol–water partition coefficient (Wildman–Crippen LogP) is 2.38. The van der Waals surface area contributed by atoms with Crippen LogP contribution in [0.25, 0.3) is 0 Å². The maximum atomic E-state index is 10.5. The van der Waals surface area contributed by atoms with E-state index in [-0.39, 0.29) is 17.0 Å². The molecule has 1 rings (SSSR count). The summed E-state index contributed by atoms with van der Waals surface area (Å²) in [7, 11) is 0. The first-order chi connectivity index (χ1) is 7.02. The van der Waals surface area contributed by atoms with E-state index in [0.717, 1.165) is 6.07 Å². The molecule has 0 spiro atoms. The number of hydrogen-bond acceptors (Lipinski definition) is 4. The molecular formula is C10H15NO4. The van der Waals surface area contributed by atoms with Crippen LogP contribution in [0.1, 0.15) is 32.4 Å². The summed E-state index contributed by atoms with van der Waals surface area (Å²) in [5.74, 6) is -0.184. The van der Waals surface area contributed by atoms with E-state index in [2.05, 4.69) is 0 Å². The summed E-state index contributed by atoms with van der Waals surface area (Å²) in [6.45, 7) is 5.43. The highest BCUT2D eigenvalue weighted by molar-refractivity contribution is 5.46. The fraction of sp³-hybridized carbons (Fsp3) is 0.400. The number of phenols is 1. The van der Waals surface area contributed by atoms with Gasteiger partial charge >= 0.3 is 0 Å². The standard InChI is InChI=1S/C8H9NO4.C2H6/c1-5(10)7-3-2-6(11)4-8(7)9(12)13;1-2/h2-5,10-11H,1H3;1-2H3. The average molecular weight is 213 g/mol. The van der Waals surface area contributed by atoms with Gasteiger partial charge in [0.2, 0.25) is 0 Å². The van der Waals surface area contributed by atoms with Crippen molar-refractivity contribution in [2.75, 3.05) is 0 Å². The van der Waals surface area contributed by atoms with Gasteiger partial charge in [0.1, 0.15) is 5.75 Å². The lowest BCUT2D eigenvalue weighted by atomic mass is 10.1. The van der Waals surface area contributed by atoms with Gasteiger partial charge in [-0.3, -0.25) is 10.1 Å². The molecule has 0 aromatic heterocycles. The lowest BCUT2D eigenvalue weighted by molar-refractivity contribution is -0.386. The van der Waals surface area contributed by atoms with Gasteiger partial charge < -0.3 is 10.2 Å². The molecule has 1 aromatic carbocycles. The number of benzene rings is 1. The van der Waals surface area contributed by atoms with Crippen molar-refractivity contribution >= 4 is 5.69 Å². The number of aromatic hydroxyl groups is 1. The first-order valence-corrected chi connectivity index (χ1v) is 4.67. The van der Waals surface area contributed by atoms with E-state index in [4.69, 9.17) is 10.2 Å². The van der Waals surface area contributed by atoms with Crippen LogP contribution in [0.15, 0.2) is 18.2 Å². The van der Waals surface area contributed by atoms with Gasteiger partial charge in [0.15, 0.2) is 0 Å². The summed E-state index contributed by atoms with van der Waals surface area (Å²) < 4.78 is 0. The number of aliphatic hydroxyl groups is 1. The number of nitrogens with zero attached hydrogens (tertiary/aromatic N) is 1. The smallest absolute Gasteiger partial charge is 0.278 e. The molecule has 15 heavy (non-hydrogen) atoms. The first-order valence-electron chi connectivity index (χ1n) is 4.67. The molecule has 0 aliphatic heterocycles. The zero-order valence-corrected chi connectivity index (χ0v) is 8.97. The molecule has 1 aromatic rings. The van der Waals surface area contributed by atoms with Gasteiger partial charge in [-0.05, 0) is 19.1 Å². The SMILES string of the molecule is CC.CC(O)c1ccc(O)cc1[N+](=O)[O-]. The van der Waals surface area contributed by atoms with Crippen LogP contribution in [0.2, 0.25) is 0 Å². The van der Waals surface area contributed by atoms with Gasteiger partial charge in [-0.2, -0.15) is 0 Å². The number of hydrogen-bond donors (Lipinski definition) is 2. The van der Waals surface area contributed by atoms with Crippen molar-refractivity contribution in [1.82, 2.24) is 0 Å². The van der Waals surface area contributed by atoms with Crippen molar-refractivity contribution in [3.8, 4) is 5.75 Å². The summed E-state index contributed by atoms with van der Waals surface area (Å²) in [6.07, 6.45) is -0.916. The summed E-state index contributed by atoms with van der Waals surface area (Å²) in [6, 6.07) is 3.65. The molecule has 0 radical (unpaired) electrons. The second-order valence-electron chi connectivity index (χ2n) is 2.68. The number of nitro groups is 1. The van der Waals surface area contributed by atoms with Crippen LogP contribution in [-0.2, 0) is 0 Å². The Balaban J connectivity index is 0.000000921. The Labute approximate surface area is 88.1 Å². The number of phenolic OH excluding ortho intramolecular Hbond substituents is 1. The Hall–Kier alpha value is -1.62. The Morgan fingerprint density at radius 1 is 1.40 bits per heavy atom. The van der Waals surface area contributed by atoms with Gasteiger partial charge in [-0.15, -0.1) is 0 Å². The number of rotatable bonds is 2. The van der Waals surface area contributed by atoms with E-state index >= 15 is 0 Å². The molecule has 5 nitrogen and oxygen atoms in total. The molecule has 5 heteroatoms. The second kappa shape index (κ2) is 5.98. The third kappa shape index (κ3) is 3.55. The van der Waals surface area contributed by atoms with Crippen molar-refractivity contribution in [1.29, 1.82) is 0 Å². The summed E-state index contributed by atoms with van der Waals surface area (Å²) in [5, 5.41) is 28.6. The van der Waals surface area contributed by atoms with Crippen LogP contribution in [-0.4, -0.2) is 15.1 Å². The number of aliphatic hydroxyl groups excluding tert-OH is 1. The molecule has 0 heterocycles. The highest BCUT2D eigenvalue weighted by Gasteiger charge is 2.17. The van der Waals surface area contributed by atoms with E-state index in [0.29, 0.717) is 0 Å². The van der Waals surface area contributed by atoms with Gasteiger partial charge in [0, 0.05) is 0 Å². The quantitative estimate of drug-likeness (QED) is 0.583. The zero-order chi connectivity index (χ0) is 12.0. The Morgan fingerprint density at radius 2 is 1.93 bits per heavy atom. The normalized spacial score (nSPS) is 11.2. The molecule has 0 bridgehead atoms. The van der Waals surface area contributed by atoms with E-state index in [1.165, 1.54) is 19.1 Å². The zero-order valence-electron chi connectivity index (χ0n) is 8.97. The van der Waals surface area contributed by atoms with E-state index in [9.17, 15) is 10.1 Å². The third-order valence-corrected chi connectivity index (χ3v) is 1.66. The molecule has 84 valence electrons. The molecule has 0 aliphatic rings. The maximum Gasteiger partial charge on any atom is 0.278 e. The topological polar surface area (TPSA) is 83.6 Å². The number of nitro benzene ring substituents is 1. The molecule has 0 saturated heterocycles. The summed E-state index contributed by atoms with van der Waals surface area (Å²) >= 11 is 0. The van der Waals surface area contributed by atoms with Crippen molar-refractivity contribution in [3.63, 3.8) is 0 Å². The molecule has 1 unspecified atom stereocenters. The molecule has 0 fully saturated rings. The van der Waals surface area contributed by atoms with Gasteiger partial charge in [0.05, 0.1) is 22.7 Å². The lowest BCUT2D eigenvalue weighted by Crippen LogP contribution is -1.98. The minimum atomic E-state index is -0.916. The highest BCUT2D eigenvalue weighted by atomic mass is 16.6. The molecule has 0 aliphatic carbocycles. The fourth-order valence-electron chi connectivity index (χ4n) is 1.04. The van der Waals surface area contributed by atoms with Crippen molar-refractivity contribution in [3.05, 3.63) is 33.9 Å².